The molecule has 7 nitrogen and oxygen atoms in total. The number of aromatic nitrogens is 1. The summed E-state index contributed by atoms with van der Waals surface area (Å²) >= 11 is 0. The van der Waals surface area contributed by atoms with Gasteiger partial charge in [0.25, 0.3) is 0 Å². The number of aryl methyl sites for hydroxylation is 1. The SMILES string of the molecule is Cc1cnc(N2CC3(CCOCC3)C2)c(N(N=O)c2ccc(C=O)cc2)c1. The van der Waals surface area contributed by atoms with Crippen LogP contribution >= 0.6 is 0 Å². The predicted octanol–water partition coefficient (Wildman–Crippen LogP) is 3.64. The van der Waals surface area contributed by atoms with Crippen molar-refractivity contribution in [2.45, 2.75) is 19.8 Å². The molecule has 27 heavy (non-hydrogen) atoms. The standard InChI is InChI=1S/C20H22N4O3/c1-15-10-18(24(22-26)17-4-2-16(12-25)3-5-17)19(21-11-15)23-13-20(14-23)6-8-27-9-7-20/h2-5,10-12H,6-9,13-14H2,1H3. The molecule has 0 atom stereocenters. The van der Waals surface area contributed by atoms with Gasteiger partial charge in [0, 0.05) is 43.5 Å². The molecule has 0 aliphatic carbocycles. The number of hydrogen-bond acceptors (Lipinski definition) is 6. The van der Waals surface area contributed by atoms with E-state index in [9.17, 15) is 9.70 Å². The van der Waals surface area contributed by atoms with E-state index in [0.717, 1.165) is 56.8 Å². The minimum atomic E-state index is 0.299. The molecular formula is C20H22N4O3. The molecule has 4 rings (SSSR count). The fraction of sp³-hybridized carbons (Fsp3) is 0.400. The van der Waals surface area contributed by atoms with Gasteiger partial charge >= 0.3 is 0 Å². The van der Waals surface area contributed by atoms with Crippen molar-refractivity contribution in [3.63, 3.8) is 0 Å². The summed E-state index contributed by atoms with van der Waals surface area (Å²) in [4.78, 5) is 29.4. The van der Waals surface area contributed by atoms with Gasteiger partial charge < -0.3 is 9.64 Å². The number of benzene rings is 1. The van der Waals surface area contributed by atoms with E-state index in [-0.39, 0.29) is 0 Å². The van der Waals surface area contributed by atoms with Crippen LogP contribution in [0.15, 0.2) is 41.8 Å². The molecule has 0 radical (unpaired) electrons. The van der Waals surface area contributed by atoms with Gasteiger partial charge in [-0.1, -0.05) is 0 Å². The summed E-state index contributed by atoms with van der Waals surface area (Å²) in [5.41, 5.74) is 3.06. The van der Waals surface area contributed by atoms with Crippen molar-refractivity contribution in [2.75, 3.05) is 36.2 Å². The molecule has 0 saturated carbocycles. The third-order valence-electron chi connectivity index (χ3n) is 5.47. The first-order chi connectivity index (χ1) is 13.1. The van der Waals surface area contributed by atoms with Crippen LogP contribution in [0.5, 0.6) is 0 Å². The van der Waals surface area contributed by atoms with Crippen LogP contribution in [0.3, 0.4) is 0 Å². The number of ether oxygens (including phenoxy) is 1. The van der Waals surface area contributed by atoms with Gasteiger partial charge in [-0.25, -0.2) is 4.98 Å². The smallest absolute Gasteiger partial charge is 0.154 e. The third kappa shape index (κ3) is 3.30. The molecule has 2 fully saturated rings. The number of nitroso groups, excluding NO2 is 1. The van der Waals surface area contributed by atoms with Crippen molar-refractivity contribution < 1.29 is 9.53 Å². The van der Waals surface area contributed by atoms with Crippen molar-refractivity contribution >= 4 is 23.5 Å². The Balaban J connectivity index is 1.64. The van der Waals surface area contributed by atoms with Crippen LogP contribution in [0.1, 0.15) is 28.8 Å². The number of rotatable bonds is 5. The molecule has 2 saturated heterocycles. The molecule has 1 aromatic carbocycles. The Morgan fingerprint density at radius 3 is 2.56 bits per heavy atom. The van der Waals surface area contributed by atoms with Crippen LogP contribution in [0, 0.1) is 17.2 Å². The highest BCUT2D eigenvalue weighted by Crippen LogP contribution is 2.45. The zero-order valence-electron chi connectivity index (χ0n) is 15.3. The van der Waals surface area contributed by atoms with E-state index in [1.165, 1.54) is 5.01 Å². The van der Waals surface area contributed by atoms with Crippen LogP contribution in [0.4, 0.5) is 17.2 Å². The average Bonchev–Trinajstić information content (AvgIpc) is 2.68. The van der Waals surface area contributed by atoms with E-state index >= 15 is 0 Å². The number of carbonyl (C=O) groups excluding carboxylic acids is 1. The summed E-state index contributed by atoms with van der Waals surface area (Å²) in [5.74, 6) is 0.761. The summed E-state index contributed by atoms with van der Waals surface area (Å²) in [6.45, 7) is 5.39. The first kappa shape index (κ1) is 17.6. The highest BCUT2D eigenvalue weighted by molar-refractivity contribution is 5.79. The second kappa shape index (κ2) is 7.08. The summed E-state index contributed by atoms with van der Waals surface area (Å²) in [6, 6.07) is 8.70. The molecule has 1 spiro atoms. The molecule has 2 aromatic rings. The average molecular weight is 366 g/mol. The van der Waals surface area contributed by atoms with E-state index in [1.807, 2.05) is 19.2 Å². The summed E-state index contributed by atoms with van der Waals surface area (Å²) < 4.78 is 5.49. The Morgan fingerprint density at radius 2 is 1.93 bits per heavy atom. The molecule has 0 N–H and O–H groups in total. The first-order valence-electron chi connectivity index (χ1n) is 9.12. The highest BCUT2D eigenvalue weighted by atomic mass is 16.5. The molecular weight excluding hydrogens is 344 g/mol. The molecule has 140 valence electrons. The number of anilines is 3. The minimum absolute atomic E-state index is 0.299. The number of pyridine rings is 1. The Hall–Kier alpha value is -2.80. The Labute approximate surface area is 157 Å². The maximum absolute atomic E-state index is 11.7. The van der Waals surface area contributed by atoms with Crippen LogP contribution in [0.25, 0.3) is 0 Å². The molecule has 2 aliphatic heterocycles. The van der Waals surface area contributed by atoms with Crippen LogP contribution < -0.4 is 9.91 Å². The van der Waals surface area contributed by atoms with E-state index < -0.39 is 0 Å². The Bertz CT molecular complexity index is 839. The summed E-state index contributed by atoms with van der Waals surface area (Å²) in [5, 5.41) is 4.59. The van der Waals surface area contributed by atoms with E-state index in [1.54, 1.807) is 24.3 Å². The number of carbonyl (C=O) groups is 1. The van der Waals surface area contributed by atoms with Gasteiger partial charge in [-0.15, -0.1) is 4.91 Å². The Morgan fingerprint density at radius 1 is 1.22 bits per heavy atom. The molecule has 0 unspecified atom stereocenters. The number of nitrogens with zero attached hydrogens (tertiary/aromatic N) is 4. The van der Waals surface area contributed by atoms with Crippen molar-refractivity contribution in [3.05, 3.63) is 52.6 Å². The van der Waals surface area contributed by atoms with Gasteiger partial charge in [0.2, 0.25) is 0 Å². The lowest BCUT2D eigenvalue weighted by molar-refractivity contribution is -0.000418. The summed E-state index contributed by atoms with van der Waals surface area (Å²) in [7, 11) is 0. The van der Waals surface area contributed by atoms with Crippen molar-refractivity contribution in [2.24, 2.45) is 10.7 Å². The largest absolute Gasteiger partial charge is 0.381 e. The third-order valence-corrected chi connectivity index (χ3v) is 5.47. The van der Waals surface area contributed by atoms with E-state index in [4.69, 9.17) is 4.74 Å². The fourth-order valence-corrected chi connectivity index (χ4v) is 3.90. The topological polar surface area (TPSA) is 75.1 Å². The molecule has 2 aliphatic rings. The van der Waals surface area contributed by atoms with Crippen molar-refractivity contribution in [1.82, 2.24) is 4.98 Å². The lowest BCUT2D eigenvalue weighted by atomic mass is 9.73. The van der Waals surface area contributed by atoms with E-state index in [0.29, 0.717) is 22.4 Å². The normalized spacial score (nSPS) is 18.0. The minimum Gasteiger partial charge on any atom is -0.381 e. The molecule has 0 bridgehead atoms. The van der Waals surface area contributed by atoms with Crippen LogP contribution in [0.2, 0.25) is 0 Å². The maximum Gasteiger partial charge on any atom is 0.154 e. The number of aldehydes is 1. The van der Waals surface area contributed by atoms with Gasteiger partial charge in [-0.3, -0.25) is 4.79 Å². The fourth-order valence-electron chi connectivity index (χ4n) is 3.90. The maximum atomic E-state index is 11.7. The van der Waals surface area contributed by atoms with Gasteiger partial charge in [0.1, 0.15) is 12.0 Å². The second-order valence-electron chi connectivity index (χ2n) is 7.43. The molecule has 1 aromatic heterocycles. The number of hydrogen-bond donors (Lipinski definition) is 0. The molecule has 3 heterocycles. The quantitative estimate of drug-likeness (QED) is 0.457. The predicted molar refractivity (Wildman–Crippen MR) is 103 cm³/mol. The first-order valence-corrected chi connectivity index (χ1v) is 9.12. The Kier molecular flexibility index (Phi) is 4.61. The monoisotopic (exact) mass is 366 g/mol. The lowest BCUT2D eigenvalue weighted by Crippen LogP contribution is -2.59. The zero-order valence-corrected chi connectivity index (χ0v) is 15.3. The highest BCUT2D eigenvalue weighted by Gasteiger charge is 2.45. The zero-order chi connectivity index (χ0) is 18.9. The van der Waals surface area contributed by atoms with Crippen LogP contribution in [-0.2, 0) is 4.74 Å². The molecule has 0 amide bonds. The van der Waals surface area contributed by atoms with Gasteiger partial charge in [0.05, 0.1) is 11.0 Å². The van der Waals surface area contributed by atoms with Crippen molar-refractivity contribution in [1.29, 1.82) is 0 Å². The van der Waals surface area contributed by atoms with Crippen LogP contribution in [-0.4, -0.2) is 37.6 Å². The summed E-state index contributed by atoms with van der Waals surface area (Å²) in [6.07, 6.45) is 4.71. The van der Waals surface area contributed by atoms with Gasteiger partial charge in [0.15, 0.2) is 5.82 Å². The second-order valence-corrected chi connectivity index (χ2v) is 7.43. The molecule has 7 heteroatoms. The van der Waals surface area contributed by atoms with Gasteiger partial charge in [-0.2, -0.15) is 5.01 Å². The lowest BCUT2D eigenvalue weighted by Gasteiger charge is -2.53. The van der Waals surface area contributed by atoms with E-state index in [2.05, 4.69) is 15.2 Å². The van der Waals surface area contributed by atoms with Crippen molar-refractivity contribution in [3.8, 4) is 0 Å². The van der Waals surface area contributed by atoms with Gasteiger partial charge in [-0.05, 0) is 55.7 Å².